The van der Waals surface area contributed by atoms with E-state index in [-0.39, 0.29) is 35.7 Å². The Morgan fingerprint density at radius 2 is 2.10 bits per heavy atom. The average Bonchev–Trinajstić information content (AvgIpc) is 3.21. The summed E-state index contributed by atoms with van der Waals surface area (Å²) in [6, 6.07) is 8.01. The van der Waals surface area contributed by atoms with Crippen molar-refractivity contribution in [3.05, 3.63) is 47.3 Å². The van der Waals surface area contributed by atoms with E-state index in [4.69, 9.17) is 14.2 Å². The van der Waals surface area contributed by atoms with Crippen molar-refractivity contribution < 1.29 is 43.8 Å². The van der Waals surface area contributed by atoms with Crippen molar-refractivity contribution in [3.63, 3.8) is 0 Å². The van der Waals surface area contributed by atoms with Crippen LogP contribution in [0.25, 0.3) is 11.0 Å². The van der Waals surface area contributed by atoms with Crippen LogP contribution >= 0.6 is 11.8 Å². The van der Waals surface area contributed by atoms with Crippen molar-refractivity contribution in [2.75, 3.05) is 13.2 Å². The molecule has 1 unspecified atom stereocenters. The van der Waals surface area contributed by atoms with Crippen LogP contribution in [0.5, 0.6) is 5.75 Å². The number of benzene rings is 1. The van der Waals surface area contributed by atoms with E-state index in [9.17, 15) is 0 Å². The Morgan fingerprint density at radius 3 is 2.86 bits per heavy atom. The second kappa shape index (κ2) is 9.37. The summed E-state index contributed by atoms with van der Waals surface area (Å²) in [4.78, 5) is 13.7. The van der Waals surface area contributed by atoms with E-state index in [2.05, 4.69) is 34.0 Å². The summed E-state index contributed by atoms with van der Waals surface area (Å²) in [5.74, 6) is 0.974. The van der Waals surface area contributed by atoms with E-state index in [1.165, 1.54) is 5.56 Å². The zero-order valence-corrected chi connectivity index (χ0v) is 20.4. The van der Waals surface area contributed by atoms with Gasteiger partial charge in [0.05, 0.1) is 12.3 Å². The van der Waals surface area contributed by atoms with Crippen LogP contribution in [0.2, 0.25) is 0 Å². The Bertz CT molecular complexity index is 992. The SMILES string of the molecule is Cc1ccc2[n-]c(SCc3nccc(OCC4COC(C)(C)O4)c3C)nc2c1.[Na+]. The molecule has 0 amide bonds. The predicted octanol–water partition coefficient (Wildman–Crippen LogP) is 1.03. The maximum atomic E-state index is 5.98. The molecule has 6 nitrogen and oxygen atoms in total. The van der Waals surface area contributed by atoms with E-state index in [1.807, 2.05) is 32.9 Å². The molecular formula is C21H24N3NaO3S. The third kappa shape index (κ3) is 5.54. The van der Waals surface area contributed by atoms with Gasteiger partial charge < -0.3 is 24.2 Å². The van der Waals surface area contributed by atoms with E-state index >= 15 is 0 Å². The number of ether oxygens (including phenoxy) is 3. The first-order valence-electron chi connectivity index (χ1n) is 9.32. The summed E-state index contributed by atoms with van der Waals surface area (Å²) in [6.45, 7) is 8.91. The first-order chi connectivity index (χ1) is 13.4. The van der Waals surface area contributed by atoms with Crippen molar-refractivity contribution in [3.8, 4) is 5.75 Å². The van der Waals surface area contributed by atoms with E-state index in [0.717, 1.165) is 33.2 Å². The molecule has 1 saturated heterocycles. The summed E-state index contributed by atoms with van der Waals surface area (Å²) in [7, 11) is 0. The van der Waals surface area contributed by atoms with Crippen LogP contribution in [0, 0.1) is 13.8 Å². The Morgan fingerprint density at radius 1 is 1.28 bits per heavy atom. The largest absolute Gasteiger partial charge is 1.00 e. The van der Waals surface area contributed by atoms with Crippen LogP contribution in [-0.2, 0) is 15.2 Å². The second-order valence-corrected chi connectivity index (χ2v) is 8.37. The molecule has 0 aliphatic carbocycles. The summed E-state index contributed by atoms with van der Waals surface area (Å²) < 4.78 is 17.4. The van der Waals surface area contributed by atoms with Crippen molar-refractivity contribution in [1.29, 1.82) is 0 Å². The molecule has 1 aromatic carbocycles. The zero-order valence-electron chi connectivity index (χ0n) is 17.6. The Hall–Kier alpha value is -1.09. The molecule has 0 spiro atoms. The third-order valence-corrected chi connectivity index (χ3v) is 5.51. The zero-order chi connectivity index (χ0) is 19.7. The van der Waals surface area contributed by atoms with Crippen molar-refractivity contribution >= 4 is 22.8 Å². The standard InChI is InChI=1S/C21H24N3O3S.Na/c1-13-5-6-16-17(9-13)24-20(23-16)28-12-18-14(2)19(7-8-22-18)25-10-15-11-26-21(3,4)27-15;/h5-9,15H,10-12H2,1-4H3;/q-1;+1. The molecule has 29 heavy (non-hydrogen) atoms. The molecule has 1 aliphatic heterocycles. The van der Waals surface area contributed by atoms with Crippen LogP contribution in [0.4, 0.5) is 0 Å². The predicted molar refractivity (Wildman–Crippen MR) is 109 cm³/mol. The fourth-order valence-corrected chi connectivity index (χ4v) is 4.02. The topological polar surface area (TPSA) is 67.6 Å². The normalized spacial score (nSPS) is 18.0. The van der Waals surface area contributed by atoms with Crippen LogP contribution in [0.3, 0.4) is 0 Å². The smallest absolute Gasteiger partial charge is 0.490 e. The number of fused-ring (bicyclic) bond motifs is 1. The van der Waals surface area contributed by atoms with Gasteiger partial charge in [-0.05, 0) is 50.0 Å². The minimum atomic E-state index is -0.537. The summed E-state index contributed by atoms with van der Waals surface area (Å²) >= 11 is 1.59. The molecule has 1 fully saturated rings. The number of hydrogen-bond donors (Lipinski definition) is 0. The summed E-state index contributed by atoms with van der Waals surface area (Å²) in [5, 5.41) is 0.770. The number of rotatable bonds is 6. The van der Waals surface area contributed by atoms with Crippen molar-refractivity contribution in [1.82, 2.24) is 15.0 Å². The first kappa shape index (κ1) is 22.6. The van der Waals surface area contributed by atoms with Gasteiger partial charge in [-0.15, -0.1) is 11.8 Å². The molecule has 2 aromatic heterocycles. The fourth-order valence-electron chi connectivity index (χ4n) is 3.13. The van der Waals surface area contributed by atoms with Crippen LogP contribution in [0.15, 0.2) is 35.6 Å². The fraction of sp³-hybridized carbons (Fsp3) is 0.429. The molecule has 1 aliphatic rings. The number of thioether (sulfide) groups is 1. The molecule has 8 heteroatoms. The van der Waals surface area contributed by atoms with Crippen molar-refractivity contribution in [2.45, 2.75) is 50.5 Å². The number of aromatic nitrogens is 3. The number of hydrogen-bond acceptors (Lipinski definition) is 6. The van der Waals surface area contributed by atoms with Gasteiger partial charge in [0.15, 0.2) is 5.79 Å². The van der Waals surface area contributed by atoms with Gasteiger partial charge in [0, 0.05) is 17.5 Å². The van der Waals surface area contributed by atoms with Gasteiger partial charge in [0.1, 0.15) is 18.5 Å². The number of pyridine rings is 1. The minimum absolute atomic E-state index is 0. The average molecular weight is 421 g/mol. The molecule has 1 atom stereocenters. The van der Waals surface area contributed by atoms with Crippen LogP contribution in [-0.4, -0.2) is 35.1 Å². The van der Waals surface area contributed by atoms with Gasteiger partial charge in [-0.2, -0.15) is 0 Å². The monoisotopic (exact) mass is 421 g/mol. The Balaban J connectivity index is 0.00000240. The molecule has 148 valence electrons. The van der Waals surface area contributed by atoms with Gasteiger partial charge in [0.25, 0.3) is 0 Å². The summed E-state index contributed by atoms with van der Waals surface area (Å²) in [6.07, 6.45) is 1.72. The van der Waals surface area contributed by atoms with Crippen LogP contribution in [0.1, 0.15) is 30.7 Å². The molecule has 3 aromatic rings. The summed E-state index contributed by atoms with van der Waals surface area (Å²) in [5.41, 5.74) is 5.05. The van der Waals surface area contributed by atoms with E-state index in [0.29, 0.717) is 19.0 Å². The van der Waals surface area contributed by atoms with Gasteiger partial charge in [-0.3, -0.25) is 4.98 Å². The quantitative estimate of drug-likeness (QED) is 0.435. The number of imidazole rings is 1. The van der Waals surface area contributed by atoms with Gasteiger partial charge in [-0.25, -0.2) is 0 Å². The van der Waals surface area contributed by atoms with E-state index < -0.39 is 5.79 Å². The molecule has 0 saturated carbocycles. The minimum Gasteiger partial charge on any atom is -0.490 e. The third-order valence-electron chi connectivity index (χ3n) is 4.65. The van der Waals surface area contributed by atoms with E-state index in [1.54, 1.807) is 18.0 Å². The molecule has 3 heterocycles. The van der Waals surface area contributed by atoms with Crippen molar-refractivity contribution in [2.24, 2.45) is 0 Å². The maximum absolute atomic E-state index is 5.98. The molecule has 4 rings (SSSR count). The second-order valence-electron chi connectivity index (χ2n) is 7.43. The molecule has 0 N–H and O–H groups in total. The first-order valence-corrected chi connectivity index (χ1v) is 10.3. The molecule has 0 radical (unpaired) electrons. The maximum Gasteiger partial charge on any atom is 1.00 e. The Labute approximate surface area is 197 Å². The van der Waals surface area contributed by atoms with Gasteiger partial charge in [0.2, 0.25) is 0 Å². The van der Waals surface area contributed by atoms with Gasteiger partial charge >= 0.3 is 29.6 Å². The number of nitrogens with zero attached hydrogens (tertiary/aromatic N) is 3. The number of aryl methyl sites for hydroxylation is 1. The molecular weight excluding hydrogens is 397 g/mol. The molecule has 0 bridgehead atoms. The van der Waals surface area contributed by atoms with Gasteiger partial charge in [-0.1, -0.05) is 23.8 Å². The van der Waals surface area contributed by atoms with Crippen LogP contribution < -0.4 is 39.3 Å². The Kier molecular flexibility index (Phi) is 7.30.